The van der Waals surface area contributed by atoms with E-state index in [0.29, 0.717) is 38.0 Å². The van der Waals surface area contributed by atoms with Gasteiger partial charge < -0.3 is 4.90 Å². The van der Waals surface area contributed by atoms with Gasteiger partial charge in [-0.05, 0) is 51.0 Å². The number of amides is 1. The maximum Gasteiger partial charge on any atom is 0.243 e. The number of anilines is 1. The second-order valence-electron chi connectivity index (χ2n) is 7.18. The average Bonchev–Trinajstić information content (AvgIpc) is 2.75. The highest BCUT2D eigenvalue weighted by molar-refractivity contribution is 7.89. The first-order chi connectivity index (χ1) is 13.8. The van der Waals surface area contributed by atoms with E-state index in [1.54, 1.807) is 4.90 Å². The first-order valence-electron chi connectivity index (χ1n) is 9.82. The zero-order valence-electron chi connectivity index (χ0n) is 16.7. The first-order valence-corrected chi connectivity index (χ1v) is 11.3. The van der Waals surface area contributed by atoms with Crippen LogP contribution in [0.25, 0.3) is 0 Å². The highest BCUT2D eigenvalue weighted by atomic mass is 32.2. The largest absolute Gasteiger partial charge is 0.312 e. The summed E-state index contributed by atoms with van der Waals surface area (Å²) in [6.07, 6.45) is 0.986. The Hall–Kier alpha value is -2.51. The Bertz CT molecular complexity index is 964. The number of piperidine rings is 1. The number of carbonyl (C=O) groups is 2. The molecule has 1 fully saturated rings. The van der Waals surface area contributed by atoms with Crippen LogP contribution in [0.4, 0.5) is 5.69 Å². The molecule has 0 saturated carbocycles. The maximum atomic E-state index is 13.0. The summed E-state index contributed by atoms with van der Waals surface area (Å²) in [4.78, 5) is 26.3. The summed E-state index contributed by atoms with van der Waals surface area (Å²) >= 11 is 0. The predicted octanol–water partition coefficient (Wildman–Crippen LogP) is 3.34. The summed E-state index contributed by atoms with van der Waals surface area (Å²) in [5.41, 5.74) is 1.34. The van der Waals surface area contributed by atoms with Gasteiger partial charge in [-0.15, -0.1) is 0 Å². The van der Waals surface area contributed by atoms with E-state index in [1.165, 1.54) is 35.5 Å². The van der Waals surface area contributed by atoms with Crippen LogP contribution in [0.2, 0.25) is 0 Å². The molecule has 7 heteroatoms. The number of rotatable bonds is 6. The second-order valence-corrected chi connectivity index (χ2v) is 9.11. The minimum absolute atomic E-state index is 0.0431. The number of sulfonamides is 1. The molecule has 0 unspecified atom stereocenters. The summed E-state index contributed by atoms with van der Waals surface area (Å²) in [7, 11) is -3.63. The molecule has 0 spiro atoms. The van der Waals surface area contributed by atoms with Gasteiger partial charge in [0, 0.05) is 36.8 Å². The van der Waals surface area contributed by atoms with Gasteiger partial charge in [-0.3, -0.25) is 9.59 Å². The molecule has 0 N–H and O–H groups in total. The van der Waals surface area contributed by atoms with Gasteiger partial charge in [-0.25, -0.2) is 8.42 Å². The number of nitrogens with zero attached hydrogens (tertiary/aromatic N) is 2. The van der Waals surface area contributed by atoms with Crippen molar-refractivity contribution in [1.82, 2.24) is 4.31 Å². The Morgan fingerprint density at radius 3 is 2.10 bits per heavy atom. The van der Waals surface area contributed by atoms with Crippen LogP contribution < -0.4 is 4.90 Å². The molecule has 1 aliphatic rings. The predicted molar refractivity (Wildman–Crippen MR) is 112 cm³/mol. The molecule has 0 radical (unpaired) electrons. The molecule has 1 amide bonds. The van der Waals surface area contributed by atoms with E-state index in [0.717, 1.165) is 5.69 Å². The SMILES string of the molecule is CCN(C(=O)C1CCN(S(=O)(=O)c2ccc(C(C)=O)cc2)CC1)c1ccccc1. The van der Waals surface area contributed by atoms with Crippen LogP contribution in [0.15, 0.2) is 59.5 Å². The van der Waals surface area contributed by atoms with Gasteiger partial charge in [0.25, 0.3) is 0 Å². The Morgan fingerprint density at radius 2 is 1.59 bits per heavy atom. The Labute approximate surface area is 172 Å². The van der Waals surface area contributed by atoms with Gasteiger partial charge in [0.05, 0.1) is 4.90 Å². The van der Waals surface area contributed by atoms with Gasteiger partial charge in [-0.2, -0.15) is 4.31 Å². The lowest BCUT2D eigenvalue weighted by atomic mass is 9.96. The van der Waals surface area contributed by atoms with Crippen molar-refractivity contribution in [2.45, 2.75) is 31.6 Å². The van der Waals surface area contributed by atoms with E-state index in [-0.39, 0.29) is 22.5 Å². The molecule has 0 aromatic heterocycles. The Kier molecular flexibility index (Phi) is 6.49. The molecular formula is C22H26N2O4S. The highest BCUT2D eigenvalue weighted by Gasteiger charge is 2.33. The molecule has 0 atom stereocenters. The fourth-order valence-electron chi connectivity index (χ4n) is 3.65. The van der Waals surface area contributed by atoms with E-state index in [4.69, 9.17) is 0 Å². The fourth-order valence-corrected chi connectivity index (χ4v) is 5.12. The number of ketones is 1. The van der Waals surface area contributed by atoms with Gasteiger partial charge in [0.15, 0.2) is 5.78 Å². The van der Waals surface area contributed by atoms with Gasteiger partial charge in [0.1, 0.15) is 0 Å². The molecule has 1 heterocycles. The number of para-hydroxylation sites is 1. The van der Waals surface area contributed by atoms with Crippen molar-refractivity contribution in [2.75, 3.05) is 24.5 Å². The van der Waals surface area contributed by atoms with Crippen LogP contribution in [-0.2, 0) is 14.8 Å². The third-order valence-corrected chi connectivity index (χ3v) is 7.26. The monoisotopic (exact) mass is 414 g/mol. The summed E-state index contributed by atoms with van der Waals surface area (Å²) in [5, 5.41) is 0. The van der Waals surface area contributed by atoms with Crippen LogP contribution in [-0.4, -0.2) is 44.0 Å². The molecule has 0 bridgehead atoms. The zero-order valence-corrected chi connectivity index (χ0v) is 17.6. The van der Waals surface area contributed by atoms with Crippen LogP contribution >= 0.6 is 0 Å². The zero-order chi connectivity index (χ0) is 21.0. The molecule has 1 saturated heterocycles. The summed E-state index contributed by atoms with van der Waals surface area (Å²) in [6.45, 7) is 4.57. The van der Waals surface area contributed by atoms with E-state index in [2.05, 4.69) is 0 Å². The quantitative estimate of drug-likeness (QED) is 0.680. The number of hydrogen-bond donors (Lipinski definition) is 0. The van der Waals surface area contributed by atoms with Crippen molar-refractivity contribution in [2.24, 2.45) is 5.92 Å². The number of Topliss-reactive ketones (excluding diaryl/α,β-unsaturated/α-hetero) is 1. The minimum Gasteiger partial charge on any atom is -0.312 e. The maximum absolute atomic E-state index is 13.0. The molecule has 2 aromatic carbocycles. The minimum atomic E-state index is -3.63. The Balaban J connectivity index is 1.67. The van der Waals surface area contributed by atoms with Crippen molar-refractivity contribution < 1.29 is 18.0 Å². The lowest BCUT2D eigenvalue weighted by Gasteiger charge is -2.33. The van der Waals surface area contributed by atoms with Crippen molar-refractivity contribution in [3.05, 3.63) is 60.2 Å². The molecule has 154 valence electrons. The van der Waals surface area contributed by atoms with Gasteiger partial charge in [0.2, 0.25) is 15.9 Å². The van der Waals surface area contributed by atoms with Crippen LogP contribution in [0.5, 0.6) is 0 Å². The van der Waals surface area contributed by atoms with Crippen molar-refractivity contribution >= 4 is 27.4 Å². The van der Waals surface area contributed by atoms with Gasteiger partial charge >= 0.3 is 0 Å². The number of carbonyl (C=O) groups excluding carboxylic acids is 2. The summed E-state index contributed by atoms with van der Waals surface area (Å²) in [5.74, 6) is -0.254. The van der Waals surface area contributed by atoms with E-state index in [1.807, 2.05) is 37.3 Å². The van der Waals surface area contributed by atoms with Crippen molar-refractivity contribution in [1.29, 1.82) is 0 Å². The number of benzene rings is 2. The lowest BCUT2D eigenvalue weighted by molar-refractivity contribution is -0.123. The molecule has 1 aliphatic heterocycles. The van der Waals surface area contributed by atoms with Gasteiger partial charge in [-0.1, -0.05) is 30.3 Å². The Morgan fingerprint density at radius 1 is 1.00 bits per heavy atom. The molecule has 2 aromatic rings. The standard InChI is InChI=1S/C22H26N2O4S/c1-3-24(20-7-5-4-6-8-20)22(26)19-13-15-23(16-14-19)29(27,28)21-11-9-18(10-12-21)17(2)25/h4-12,19H,3,13-16H2,1-2H3. The molecule has 6 nitrogen and oxygen atoms in total. The van der Waals surface area contributed by atoms with E-state index < -0.39 is 10.0 Å². The van der Waals surface area contributed by atoms with E-state index >= 15 is 0 Å². The third kappa shape index (κ3) is 4.57. The fraction of sp³-hybridized carbons (Fsp3) is 0.364. The molecule has 3 rings (SSSR count). The average molecular weight is 415 g/mol. The van der Waals surface area contributed by atoms with Crippen molar-refractivity contribution in [3.63, 3.8) is 0 Å². The molecular weight excluding hydrogens is 388 g/mol. The third-order valence-electron chi connectivity index (χ3n) is 5.35. The van der Waals surface area contributed by atoms with Crippen LogP contribution in [0.1, 0.15) is 37.0 Å². The topological polar surface area (TPSA) is 74.8 Å². The van der Waals surface area contributed by atoms with E-state index in [9.17, 15) is 18.0 Å². The summed E-state index contributed by atoms with van der Waals surface area (Å²) in [6, 6.07) is 15.5. The summed E-state index contributed by atoms with van der Waals surface area (Å²) < 4.78 is 27.2. The normalized spacial score (nSPS) is 15.8. The number of hydrogen-bond acceptors (Lipinski definition) is 4. The second kappa shape index (κ2) is 8.88. The smallest absolute Gasteiger partial charge is 0.243 e. The highest BCUT2D eigenvalue weighted by Crippen LogP contribution is 2.27. The molecule has 29 heavy (non-hydrogen) atoms. The van der Waals surface area contributed by atoms with Crippen LogP contribution in [0.3, 0.4) is 0 Å². The molecule has 0 aliphatic carbocycles. The lowest BCUT2D eigenvalue weighted by Crippen LogP contribution is -2.44. The first kappa shape index (κ1) is 21.2. The van der Waals surface area contributed by atoms with Crippen molar-refractivity contribution in [3.8, 4) is 0 Å². The van der Waals surface area contributed by atoms with Crippen LogP contribution in [0, 0.1) is 5.92 Å².